The number of halogens is 2. The highest BCUT2D eigenvalue weighted by Gasteiger charge is 2.17. The van der Waals surface area contributed by atoms with Crippen LogP contribution in [0.25, 0.3) is 0 Å². The van der Waals surface area contributed by atoms with Gasteiger partial charge in [0.1, 0.15) is 0 Å². The molecule has 2 aromatic rings. The minimum Gasteiger partial charge on any atom is -0.145 e. The summed E-state index contributed by atoms with van der Waals surface area (Å²) in [6, 6.07) is 8.76. The molecule has 0 amide bonds. The van der Waals surface area contributed by atoms with Crippen LogP contribution in [0, 0.1) is 6.92 Å². The first kappa shape index (κ1) is 14.1. The van der Waals surface area contributed by atoms with Gasteiger partial charge in [-0.05, 0) is 34.9 Å². The van der Waals surface area contributed by atoms with Gasteiger partial charge in [0, 0.05) is 4.88 Å². The summed E-state index contributed by atoms with van der Waals surface area (Å²) >= 11 is 11.8. The summed E-state index contributed by atoms with van der Waals surface area (Å²) in [7, 11) is 0. The average molecular weight is 344 g/mol. The van der Waals surface area contributed by atoms with Crippen molar-refractivity contribution in [2.45, 2.75) is 31.5 Å². The van der Waals surface area contributed by atoms with Gasteiger partial charge in [-0.2, -0.15) is 0 Å². The van der Waals surface area contributed by atoms with Crippen LogP contribution in [0.1, 0.15) is 46.2 Å². The lowest BCUT2D eigenvalue weighted by atomic mass is 10.0. The molecule has 18 heavy (non-hydrogen) atoms. The lowest BCUT2D eigenvalue weighted by Crippen LogP contribution is -1.93. The number of hydrogen-bond donors (Lipinski definition) is 0. The van der Waals surface area contributed by atoms with Crippen LogP contribution in [0.15, 0.2) is 29.6 Å². The Hall–Kier alpha value is -0.310. The molecule has 0 aliphatic carbocycles. The summed E-state index contributed by atoms with van der Waals surface area (Å²) in [4.78, 5) is 1.37. The number of rotatable bonds is 3. The Bertz CT molecular complexity index is 528. The number of aryl methyl sites for hydroxylation is 1. The maximum atomic E-state index is 6.32. The van der Waals surface area contributed by atoms with Gasteiger partial charge in [-0.1, -0.05) is 65.6 Å². The van der Waals surface area contributed by atoms with Crippen LogP contribution in [0.3, 0.4) is 0 Å². The Kier molecular flexibility index (Phi) is 4.52. The van der Waals surface area contributed by atoms with Crippen molar-refractivity contribution in [1.82, 2.24) is 0 Å². The highest BCUT2D eigenvalue weighted by Crippen LogP contribution is 2.40. The zero-order valence-corrected chi connectivity index (χ0v) is 13.9. The summed E-state index contributed by atoms with van der Waals surface area (Å²) in [6.07, 6.45) is 0. The third-order valence-corrected chi connectivity index (χ3v) is 6.12. The largest absolute Gasteiger partial charge is 0.145 e. The smallest absolute Gasteiger partial charge is 0.0753 e. The first-order valence-electron chi connectivity index (χ1n) is 5.98. The van der Waals surface area contributed by atoms with Crippen molar-refractivity contribution in [3.8, 4) is 0 Å². The van der Waals surface area contributed by atoms with Crippen molar-refractivity contribution >= 4 is 38.9 Å². The topological polar surface area (TPSA) is 0 Å². The van der Waals surface area contributed by atoms with Crippen molar-refractivity contribution in [3.05, 3.63) is 56.2 Å². The van der Waals surface area contributed by atoms with E-state index in [1.165, 1.54) is 16.0 Å². The second-order valence-corrected chi connectivity index (χ2v) is 6.99. The standard InChI is InChI=1S/C15H16BrClS/c1-9(2)11-4-6-12(7-5-11)13(16)15-14(17)10(3)8-18-15/h4-9,13H,1-3H3. The molecule has 0 spiro atoms. The number of alkyl halides is 1. The fourth-order valence-corrected chi connectivity index (χ4v) is 4.12. The SMILES string of the molecule is Cc1csc(C(Br)c2ccc(C(C)C)cc2)c1Cl. The Morgan fingerprint density at radius 3 is 2.11 bits per heavy atom. The molecule has 1 aromatic carbocycles. The first-order valence-corrected chi connectivity index (χ1v) is 8.15. The van der Waals surface area contributed by atoms with Gasteiger partial charge >= 0.3 is 0 Å². The minimum atomic E-state index is 0.185. The van der Waals surface area contributed by atoms with Gasteiger partial charge in [0.25, 0.3) is 0 Å². The third kappa shape index (κ3) is 2.81. The Labute approximate surface area is 126 Å². The Morgan fingerprint density at radius 2 is 1.67 bits per heavy atom. The van der Waals surface area contributed by atoms with E-state index in [-0.39, 0.29) is 4.83 Å². The van der Waals surface area contributed by atoms with Crippen LogP contribution in [-0.4, -0.2) is 0 Å². The maximum Gasteiger partial charge on any atom is 0.0753 e. The number of benzene rings is 1. The fraction of sp³-hybridized carbons (Fsp3) is 0.333. The van der Waals surface area contributed by atoms with Crippen LogP contribution in [-0.2, 0) is 0 Å². The van der Waals surface area contributed by atoms with Crippen LogP contribution >= 0.6 is 38.9 Å². The van der Waals surface area contributed by atoms with Gasteiger partial charge in [-0.25, -0.2) is 0 Å². The maximum absolute atomic E-state index is 6.32. The molecule has 0 radical (unpaired) electrons. The highest BCUT2D eigenvalue weighted by molar-refractivity contribution is 9.09. The van der Waals surface area contributed by atoms with E-state index in [0.29, 0.717) is 5.92 Å². The summed E-state index contributed by atoms with van der Waals surface area (Å²) in [5.74, 6) is 0.570. The van der Waals surface area contributed by atoms with E-state index < -0.39 is 0 Å². The molecule has 0 nitrogen and oxygen atoms in total. The second kappa shape index (κ2) is 5.77. The lowest BCUT2D eigenvalue weighted by Gasteiger charge is -2.11. The van der Waals surface area contributed by atoms with Gasteiger partial charge in [0.05, 0.1) is 9.85 Å². The zero-order valence-electron chi connectivity index (χ0n) is 10.7. The molecule has 0 fully saturated rings. The number of thiophene rings is 1. The lowest BCUT2D eigenvalue weighted by molar-refractivity contribution is 0.865. The van der Waals surface area contributed by atoms with E-state index in [2.05, 4.69) is 59.4 Å². The predicted octanol–water partition coefficient (Wildman–Crippen LogP) is 6.32. The Balaban J connectivity index is 2.29. The molecule has 3 heteroatoms. The van der Waals surface area contributed by atoms with E-state index >= 15 is 0 Å². The van der Waals surface area contributed by atoms with Crippen molar-refractivity contribution in [2.24, 2.45) is 0 Å². The zero-order chi connectivity index (χ0) is 13.3. The predicted molar refractivity (Wildman–Crippen MR) is 85.4 cm³/mol. The van der Waals surface area contributed by atoms with Gasteiger partial charge in [0.2, 0.25) is 0 Å². The fourth-order valence-electron chi connectivity index (χ4n) is 1.82. The monoisotopic (exact) mass is 342 g/mol. The molecule has 0 saturated heterocycles. The van der Waals surface area contributed by atoms with Crippen LogP contribution in [0.5, 0.6) is 0 Å². The van der Waals surface area contributed by atoms with Crippen LogP contribution in [0.4, 0.5) is 0 Å². The third-order valence-electron chi connectivity index (χ3n) is 3.05. The van der Waals surface area contributed by atoms with E-state index in [9.17, 15) is 0 Å². The van der Waals surface area contributed by atoms with Gasteiger partial charge < -0.3 is 0 Å². The summed E-state index contributed by atoms with van der Waals surface area (Å²) < 4.78 is 0. The van der Waals surface area contributed by atoms with E-state index in [4.69, 9.17) is 11.6 Å². The minimum absolute atomic E-state index is 0.185. The molecule has 0 aliphatic heterocycles. The highest BCUT2D eigenvalue weighted by atomic mass is 79.9. The molecule has 96 valence electrons. The molecule has 1 heterocycles. The number of hydrogen-bond acceptors (Lipinski definition) is 1. The quantitative estimate of drug-likeness (QED) is 0.572. The summed E-state index contributed by atoms with van der Waals surface area (Å²) in [5.41, 5.74) is 3.77. The molecule has 2 rings (SSSR count). The van der Waals surface area contributed by atoms with E-state index in [1.807, 2.05) is 6.92 Å². The van der Waals surface area contributed by atoms with Crippen LogP contribution < -0.4 is 0 Å². The van der Waals surface area contributed by atoms with Gasteiger partial charge in [-0.15, -0.1) is 11.3 Å². The van der Waals surface area contributed by atoms with E-state index in [1.54, 1.807) is 11.3 Å². The van der Waals surface area contributed by atoms with Crippen LogP contribution in [0.2, 0.25) is 5.02 Å². The summed E-state index contributed by atoms with van der Waals surface area (Å²) in [5, 5.41) is 2.99. The van der Waals surface area contributed by atoms with Crippen molar-refractivity contribution in [1.29, 1.82) is 0 Å². The average Bonchev–Trinajstić information content (AvgIpc) is 2.69. The second-order valence-electron chi connectivity index (χ2n) is 4.78. The first-order chi connectivity index (χ1) is 8.50. The van der Waals surface area contributed by atoms with Crippen molar-refractivity contribution in [3.63, 3.8) is 0 Å². The van der Waals surface area contributed by atoms with Gasteiger partial charge in [0.15, 0.2) is 0 Å². The molecule has 0 saturated carbocycles. The van der Waals surface area contributed by atoms with Crippen molar-refractivity contribution in [2.75, 3.05) is 0 Å². The normalized spacial score (nSPS) is 13.0. The van der Waals surface area contributed by atoms with Gasteiger partial charge in [-0.3, -0.25) is 0 Å². The molecule has 1 unspecified atom stereocenters. The molecular formula is C15H16BrClS. The van der Waals surface area contributed by atoms with Crippen molar-refractivity contribution < 1.29 is 0 Å². The summed E-state index contributed by atoms with van der Waals surface area (Å²) in [6.45, 7) is 6.46. The molecule has 1 aromatic heterocycles. The molecule has 0 aliphatic rings. The Morgan fingerprint density at radius 1 is 1.11 bits per heavy atom. The molecule has 0 bridgehead atoms. The molecule has 0 N–H and O–H groups in total. The molecular weight excluding hydrogens is 328 g/mol. The van der Waals surface area contributed by atoms with E-state index in [0.717, 1.165) is 10.6 Å². The molecule has 1 atom stereocenters.